The first-order chi connectivity index (χ1) is 26.7. The maximum Gasteiger partial charge on any atom is 0.0586 e. The van der Waals surface area contributed by atoms with Crippen LogP contribution in [0.4, 0.5) is 5.69 Å². The SMILES string of the molecule is CC1CC=C(C2=CC3SC4C=CCCC4C(C4C5=CCCC=C5SC5C=CCC(C6=CC7C(C=C6)c6ccccc6N7C6CC=CCC6)C54)C3C=C2)[N-]C1. The third kappa shape index (κ3) is 5.74. The van der Waals surface area contributed by atoms with Gasteiger partial charge in [0.1, 0.15) is 0 Å². The first-order valence-corrected chi connectivity index (χ1v) is 23.3. The Morgan fingerprint density at radius 2 is 1.67 bits per heavy atom. The zero-order valence-corrected chi connectivity index (χ0v) is 33.4. The van der Waals surface area contributed by atoms with Crippen molar-refractivity contribution in [2.24, 2.45) is 41.4 Å². The van der Waals surface area contributed by atoms with Crippen LogP contribution in [-0.4, -0.2) is 34.4 Å². The van der Waals surface area contributed by atoms with Crippen molar-refractivity contribution in [1.29, 1.82) is 0 Å². The molecule has 6 aliphatic carbocycles. The predicted octanol–water partition coefficient (Wildman–Crippen LogP) is 12.6. The largest absolute Gasteiger partial charge is 0.684 e. The first-order valence-electron chi connectivity index (χ1n) is 21.5. The lowest BCUT2D eigenvalue weighted by Gasteiger charge is -2.56. The van der Waals surface area contributed by atoms with E-state index < -0.39 is 0 Å². The van der Waals surface area contributed by atoms with Gasteiger partial charge in [-0.15, -0.1) is 35.8 Å². The minimum absolute atomic E-state index is 0.415. The normalized spacial score (nSPS) is 41.4. The molecule has 13 atom stereocenters. The number of hydrogen-bond donors (Lipinski definition) is 0. The molecule has 0 spiro atoms. The molecule has 4 aliphatic heterocycles. The lowest BCUT2D eigenvalue weighted by Crippen LogP contribution is -2.52. The van der Waals surface area contributed by atoms with Crippen molar-refractivity contribution in [3.63, 3.8) is 0 Å². The second-order valence-corrected chi connectivity index (χ2v) is 20.4. The molecule has 10 aliphatic rings. The minimum atomic E-state index is 0.415. The van der Waals surface area contributed by atoms with E-state index >= 15 is 0 Å². The topological polar surface area (TPSA) is 17.3 Å². The summed E-state index contributed by atoms with van der Waals surface area (Å²) in [6.07, 6.45) is 49.7. The Morgan fingerprint density at radius 3 is 2.57 bits per heavy atom. The Morgan fingerprint density at radius 1 is 0.759 bits per heavy atom. The van der Waals surface area contributed by atoms with Gasteiger partial charge in [0, 0.05) is 38.3 Å². The van der Waals surface area contributed by atoms with E-state index in [1.54, 1.807) is 16.1 Å². The zero-order valence-electron chi connectivity index (χ0n) is 31.8. The summed E-state index contributed by atoms with van der Waals surface area (Å²) < 4.78 is 0. The fourth-order valence-electron chi connectivity index (χ4n) is 12.4. The van der Waals surface area contributed by atoms with Crippen LogP contribution in [-0.2, 0) is 0 Å². The van der Waals surface area contributed by atoms with E-state index in [0.717, 1.165) is 25.8 Å². The van der Waals surface area contributed by atoms with Crippen molar-refractivity contribution in [2.75, 3.05) is 11.4 Å². The molecule has 278 valence electrons. The van der Waals surface area contributed by atoms with Crippen LogP contribution >= 0.6 is 23.5 Å². The van der Waals surface area contributed by atoms with Crippen LogP contribution < -0.4 is 4.90 Å². The molecule has 1 aromatic carbocycles. The predicted molar refractivity (Wildman–Crippen MR) is 232 cm³/mol. The maximum atomic E-state index is 5.07. The van der Waals surface area contributed by atoms with Crippen LogP contribution in [0.15, 0.2) is 143 Å². The van der Waals surface area contributed by atoms with Crippen LogP contribution in [0, 0.1) is 41.4 Å². The summed E-state index contributed by atoms with van der Waals surface area (Å²) in [7, 11) is 0. The Kier molecular flexibility index (Phi) is 8.95. The van der Waals surface area contributed by atoms with Crippen LogP contribution in [0.1, 0.15) is 76.2 Å². The Balaban J connectivity index is 0.993. The average Bonchev–Trinajstić information content (AvgIpc) is 3.56. The number of anilines is 1. The highest BCUT2D eigenvalue weighted by atomic mass is 32.2. The highest BCUT2D eigenvalue weighted by Gasteiger charge is 2.55. The molecule has 1 aromatic rings. The molecule has 13 unspecified atom stereocenters. The summed E-state index contributed by atoms with van der Waals surface area (Å²) in [5, 5.41) is 6.70. The van der Waals surface area contributed by atoms with E-state index in [1.165, 1.54) is 61.0 Å². The Hall–Kier alpha value is -3.08. The number of thioether (sulfide) groups is 2. The van der Waals surface area contributed by atoms with Crippen molar-refractivity contribution in [2.45, 2.75) is 98.5 Å². The summed E-state index contributed by atoms with van der Waals surface area (Å²) in [6.45, 7) is 3.29. The zero-order chi connectivity index (χ0) is 35.8. The van der Waals surface area contributed by atoms with Crippen molar-refractivity contribution in [3.8, 4) is 0 Å². The first kappa shape index (κ1) is 34.2. The van der Waals surface area contributed by atoms with Gasteiger partial charge in [-0.1, -0.05) is 122 Å². The number of para-hydroxylation sites is 1. The van der Waals surface area contributed by atoms with Gasteiger partial charge < -0.3 is 10.2 Å². The van der Waals surface area contributed by atoms with Crippen LogP contribution in [0.25, 0.3) is 5.32 Å². The van der Waals surface area contributed by atoms with Crippen LogP contribution in [0.2, 0.25) is 0 Å². The fraction of sp³-hybridized carbons (Fsp3) is 0.480. The molecule has 11 rings (SSSR count). The minimum Gasteiger partial charge on any atom is -0.684 e. The summed E-state index contributed by atoms with van der Waals surface area (Å²) in [5.74, 6) is 4.71. The van der Waals surface area contributed by atoms with Gasteiger partial charge in [0.15, 0.2) is 0 Å². The lowest BCUT2D eigenvalue weighted by molar-refractivity contribution is 0.111. The molecule has 0 bridgehead atoms. The Bertz CT molecular complexity index is 1980. The van der Waals surface area contributed by atoms with Crippen LogP contribution in [0.3, 0.4) is 0 Å². The number of fused-ring (bicyclic) bond motifs is 7. The highest BCUT2D eigenvalue weighted by Crippen LogP contribution is 2.63. The molecule has 0 radical (unpaired) electrons. The summed E-state index contributed by atoms with van der Waals surface area (Å²) in [5.41, 5.74) is 8.98. The van der Waals surface area contributed by atoms with Crippen LogP contribution in [0.5, 0.6) is 0 Å². The van der Waals surface area contributed by atoms with Gasteiger partial charge in [0.05, 0.1) is 6.04 Å². The molecule has 0 N–H and O–H groups in total. The van der Waals surface area contributed by atoms with Gasteiger partial charge in [-0.25, -0.2) is 0 Å². The van der Waals surface area contributed by atoms with E-state index in [9.17, 15) is 0 Å². The van der Waals surface area contributed by atoms with Crippen molar-refractivity contribution < 1.29 is 0 Å². The van der Waals surface area contributed by atoms with E-state index in [-0.39, 0.29) is 0 Å². The van der Waals surface area contributed by atoms with Crippen molar-refractivity contribution in [3.05, 3.63) is 154 Å². The molecular weight excluding hydrogens is 693 g/mol. The van der Waals surface area contributed by atoms with Gasteiger partial charge in [-0.3, -0.25) is 0 Å². The van der Waals surface area contributed by atoms with Gasteiger partial charge >= 0.3 is 0 Å². The summed E-state index contributed by atoms with van der Waals surface area (Å²) in [6, 6.07) is 10.3. The number of allylic oxidation sites excluding steroid dienone is 11. The second-order valence-electron chi connectivity index (χ2n) is 17.8. The fourth-order valence-corrected chi connectivity index (χ4v) is 15.7. The molecule has 2 nitrogen and oxygen atoms in total. The quantitative estimate of drug-likeness (QED) is 0.286. The van der Waals surface area contributed by atoms with Crippen molar-refractivity contribution >= 4 is 29.2 Å². The number of nitrogens with zero attached hydrogens (tertiary/aromatic N) is 2. The molecule has 0 amide bonds. The third-order valence-corrected chi connectivity index (χ3v) is 17.8. The van der Waals surface area contributed by atoms with E-state index in [4.69, 9.17) is 5.32 Å². The second kappa shape index (κ2) is 14.1. The van der Waals surface area contributed by atoms with Crippen molar-refractivity contribution in [1.82, 2.24) is 0 Å². The summed E-state index contributed by atoms with van der Waals surface area (Å²) in [4.78, 5) is 4.47. The monoisotopic (exact) mass is 747 g/mol. The molecule has 4 heterocycles. The number of rotatable bonds is 4. The molecule has 2 saturated heterocycles. The lowest BCUT2D eigenvalue weighted by atomic mass is 9.56. The molecule has 0 aromatic heterocycles. The van der Waals surface area contributed by atoms with E-state index in [0.29, 0.717) is 75.2 Å². The molecule has 0 saturated carbocycles. The molecular formula is C50H55N2S2-. The molecule has 4 heteroatoms. The number of benzene rings is 1. The average molecular weight is 748 g/mol. The molecule has 2 fully saturated rings. The number of hydrogen-bond acceptors (Lipinski definition) is 3. The third-order valence-electron chi connectivity index (χ3n) is 14.8. The van der Waals surface area contributed by atoms with Gasteiger partial charge in [0.25, 0.3) is 0 Å². The standard InChI is InChI=1S/C50H55N2S2/c1-31-22-27-41(51-30-31)33-24-26-40-47(29-33)54-44-19-9-6-15-38(44)48(40)50-39-16-7-10-20-45(39)53-46-21-11-17-35(49(46)50)32-23-25-37-36-14-5-8-18-42(36)52(43(37)28-32)34-12-3-2-4-13-34/h2-3,5,8-9,11,14,16,18-21,23-29,31,34-35,37-38,40,43-44,46-50H,4,6-7,10,12-13,15,17,22,30H2,1H3/q-1. The van der Waals surface area contributed by atoms with Gasteiger partial charge in [-0.05, 0) is 122 Å². The Labute approximate surface area is 332 Å². The van der Waals surface area contributed by atoms with Gasteiger partial charge in [0.2, 0.25) is 0 Å². The van der Waals surface area contributed by atoms with Gasteiger partial charge in [-0.2, -0.15) is 0 Å². The smallest absolute Gasteiger partial charge is 0.0586 e. The van der Waals surface area contributed by atoms with E-state index in [2.05, 4.69) is 151 Å². The maximum absolute atomic E-state index is 5.07. The molecule has 54 heavy (non-hydrogen) atoms. The summed E-state index contributed by atoms with van der Waals surface area (Å²) >= 11 is 4.48. The van der Waals surface area contributed by atoms with E-state index in [1.807, 2.05) is 0 Å². The highest BCUT2D eigenvalue weighted by molar-refractivity contribution is 8.04.